The summed E-state index contributed by atoms with van der Waals surface area (Å²) < 4.78 is 2.31. The van der Waals surface area contributed by atoms with Gasteiger partial charge in [0.2, 0.25) is 0 Å². The molecule has 2 N–H and O–H groups in total. The number of anilines is 1. The number of para-hydroxylation sites is 1. The second-order valence-electron chi connectivity index (χ2n) is 7.81. The standard InChI is InChI=1S/C24H30N6/c1-19-11-13-20(14-12-19)18-26-24(27-21-8-4-2-5-9-21)25-16-15-23-29-28-22-10-6-3-7-17-30(22)23/h2,4-5,8-9,11-14H,3,6-7,10,15-18H2,1H3,(H2,25,26,27). The van der Waals surface area contributed by atoms with Crippen molar-refractivity contribution in [2.24, 2.45) is 4.99 Å². The minimum Gasteiger partial charge on any atom is -0.356 e. The van der Waals surface area contributed by atoms with Crippen LogP contribution < -0.4 is 10.6 Å². The highest BCUT2D eigenvalue weighted by atomic mass is 15.3. The lowest BCUT2D eigenvalue weighted by atomic mass is 10.1. The summed E-state index contributed by atoms with van der Waals surface area (Å²) in [5.41, 5.74) is 3.47. The number of aromatic nitrogens is 3. The van der Waals surface area contributed by atoms with Crippen molar-refractivity contribution in [3.05, 3.63) is 77.4 Å². The van der Waals surface area contributed by atoms with Gasteiger partial charge in [0.1, 0.15) is 11.6 Å². The third-order valence-corrected chi connectivity index (χ3v) is 5.40. The van der Waals surface area contributed by atoms with Crippen molar-refractivity contribution in [2.75, 3.05) is 11.9 Å². The molecular formula is C24H30N6. The van der Waals surface area contributed by atoms with Gasteiger partial charge in [-0.3, -0.25) is 0 Å². The fourth-order valence-corrected chi connectivity index (χ4v) is 3.68. The Kier molecular flexibility index (Phi) is 6.75. The van der Waals surface area contributed by atoms with Gasteiger partial charge in [-0.25, -0.2) is 4.99 Å². The van der Waals surface area contributed by atoms with Gasteiger partial charge in [0.05, 0.1) is 6.54 Å². The van der Waals surface area contributed by atoms with Crippen LogP contribution in [0, 0.1) is 6.92 Å². The van der Waals surface area contributed by atoms with Crippen LogP contribution in [-0.4, -0.2) is 27.3 Å². The van der Waals surface area contributed by atoms with Gasteiger partial charge in [-0.05, 0) is 37.5 Å². The SMILES string of the molecule is Cc1ccc(CN=C(NCCc2nnc3n2CCCCC3)Nc2ccccc2)cc1. The molecule has 6 heteroatoms. The molecule has 0 saturated heterocycles. The number of nitrogens with one attached hydrogen (secondary N) is 2. The van der Waals surface area contributed by atoms with Gasteiger partial charge in [0, 0.05) is 31.6 Å². The summed E-state index contributed by atoms with van der Waals surface area (Å²) in [6.45, 7) is 4.52. The summed E-state index contributed by atoms with van der Waals surface area (Å²) in [7, 11) is 0. The van der Waals surface area contributed by atoms with E-state index in [2.05, 4.69) is 56.6 Å². The molecule has 0 bridgehead atoms. The monoisotopic (exact) mass is 402 g/mol. The van der Waals surface area contributed by atoms with Crippen molar-refractivity contribution in [3.8, 4) is 0 Å². The van der Waals surface area contributed by atoms with Crippen molar-refractivity contribution < 1.29 is 0 Å². The fourth-order valence-electron chi connectivity index (χ4n) is 3.68. The van der Waals surface area contributed by atoms with Gasteiger partial charge in [0.15, 0.2) is 5.96 Å². The average Bonchev–Trinajstić information content (AvgIpc) is 3.00. The van der Waals surface area contributed by atoms with E-state index in [4.69, 9.17) is 4.99 Å². The fraction of sp³-hybridized carbons (Fsp3) is 0.375. The van der Waals surface area contributed by atoms with E-state index in [1.165, 1.54) is 30.4 Å². The maximum Gasteiger partial charge on any atom is 0.196 e. The summed E-state index contributed by atoms with van der Waals surface area (Å²) in [5, 5.41) is 15.7. The van der Waals surface area contributed by atoms with E-state index < -0.39 is 0 Å². The first-order chi connectivity index (χ1) is 14.8. The predicted molar refractivity (Wildman–Crippen MR) is 122 cm³/mol. The van der Waals surface area contributed by atoms with Crippen LogP contribution in [0.4, 0.5) is 5.69 Å². The molecule has 0 radical (unpaired) electrons. The number of aliphatic imine (C=N–C) groups is 1. The first kappa shape index (κ1) is 20.1. The summed E-state index contributed by atoms with van der Waals surface area (Å²) in [6.07, 6.45) is 5.57. The molecule has 6 nitrogen and oxygen atoms in total. The van der Waals surface area contributed by atoms with Crippen molar-refractivity contribution in [3.63, 3.8) is 0 Å². The average molecular weight is 403 g/mol. The summed E-state index contributed by atoms with van der Waals surface area (Å²) in [6, 6.07) is 18.6. The van der Waals surface area contributed by atoms with Crippen molar-refractivity contribution >= 4 is 11.6 Å². The number of hydrogen-bond acceptors (Lipinski definition) is 3. The number of hydrogen-bond donors (Lipinski definition) is 2. The van der Waals surface area contributed by atoms with E-state index in [9.17, 15) is 0 Å². The van der Waals surface area contributed by atoms with Gasteiger partial charge >= 0.3 is 0 Å². The smallest absolute Gasteiger partial charge is 0.196 e. The molecular weight excluding hydrogens is 372 g/mol. The van der Waals surface area contributed by atoms with Gasteiger partial charge in [-0.1, -0.05) is 54.4 Å². The number of rotatable bonds is 6. The molecule has 2 heterocycles. The molecule has 0 fully saturated rings. The minimum absolute atomic E-state index is 0.628. The first-order valence-electron chi connectivity index (χ1n) is 10.8. The first-order valence-corrected chi connectivity index (χ1v) is 10.8. The molecule has 0 spiro atoms. The van der Waals surface area contributed by atoms with Gasteiger partial charge in [-0.15, -0.1) is 10.2 Å². The van der Waals surface area contributed by atoms with E-state index in [-0.39, 0.29) is 0 Å². The van der Waals surface area contributed by atoms with Crippen molar-refractivity contribution in [1.29, 1.82) is 0 Å². The van der Waals surface area contributed by atoms with Crippen LogP contribution in [0.15, 0.2) is 59.6 Å². The van der Waals surface area contributed by atoms with E-state index in [0.717, 1.165) is 49.2 Å². The molecule has 156 valence electrons. The Morgan fingerprint density at radius 1 is 1.00 bits per heavy atom. The second-order valence-corrected chi connectivity index (χ2v) is 7.81. The van der Waals surface area contributed by atoms with E-state index in [1.54, 1.807) is 0 Å². The van der Waals surface area contributed by atoms with Gasteiger partial charge in [0.25, 0.3) is 0 Å². The minimum atomic E-state index is 0.628. The lowest BCUT2D eigenvalue weighted by Gasteiger charge is -2.13. The number of guanidine groups is 1. The maximum absolute atomic E-state index is 4.79. The zero-order chi connectivity index (χ0) is 20.6. The highest BCUT2D eigenvalue weighted by Gasteiger charge is 2.14. The largest absolute Gasteiger partial charge is 0.356 e. The second kappa shape index (κ2) is 10.1. The molecule has 1 aliphatic heterocycles. The highest BCUT2D eigenvalue weighted by Crippen LogP contribution is 2.14. The third kappa shape index (κ3) is 5.47. The van der Waals surface area contributed by atoms with Crippen LogP contribution in [0.2, 0.25) is 0 Å². The zero-order valence-electron chi connectivity index (χ0n) is 17.6. The molecule has 4 rings (SSSR count). The summed E-state index contributed by atoms with van der Waals surface area (Å²) in [5.74, 6) is 2.98. The molecule has 30 heavy (non-hydrogen) atoms. The van der Waals surface area contributed by atoms with Crippen LogP contribution in [0.3, 0.4) is 0 Å². The van der Waals surface area contributed by atoms with E-state index in [1.807, 2.05) is 30.3 Å². The summed E-state index contributed by atoms with van der Waals surface area (Å²) in [4.78, 5) is 4.79. The Balaban J connectivity index is 1.41. The Morgan fingerprint density at radius 3 is 2.67 bits per heavy atom. The lowest BCUT2D eigenvalue weighted by molar-refractivity contribution is 0.601. The zero-order valence-corrected chi connectivity index (χ0v) is 17.6. The number of nitrogens with zero attached hydrogens (tertiary/aromatic N) is 4. The molecule has 1 aliphatic rings. The van der Waals surface area contributed by atoms with Crippen LogP contribution in [-0.2, 0) is 25.9 Å². The van der Waals surface area contributed by atoms with Crippen LogP contribution in [0.25, 0.3) is 0 Å². The van der Waals surface area contributed by atoms with Gasteiger partial charge in [-0.2, -0.15) is 0 Å². The Hall–Kier alpha value is -3.15. The normalized spacial score (nSPS) is 14.1. The number of fused-ring (bicyclic) bond motifs is 1. The lowest BCUT2D eigenvalue weighted by Crippen LogP contribution is -2.33. The van der Waals surface area contributed by atoms with Crippen molar-refractivity contribution in [1.82, 2.24) is 20.1 Å². The van der Waals surface area contributed by atoms with Crippen LogP contribution >= 0.6 is 0 Å². The van der Waals surface area contributed by atoms with E-state index >= 15 is 0 Å². The van der Waals surface area contributed by atoms with Crippen LogP contribution in [0.5, 0.6) is 0 Å². The van der Waals surface area contributed by atoms with Crippen molar-refractivity contribution in [2.45, 2.75) is 52.1 Å². The highest BCUT2D eigenvalue weighted by molar-refractivity contribution is 5.93. The molecule has 0 unspecified atom stereocenters. The third-order valence-electron chi connectivity index (χ3n) is 5.40. The predicted octanol–water partition coefficient (Wildman–Crippen LogP) is 4.11. The number of aryl methyl sites for hydroxylation is 2. The molecule has 1 aromatic heterocycles. The maximum atomic E-state index is 4.79. The molecule has 3 aromatic rings. The topological polar surface area (TPSA) is 67.1 Å². The van der Waals surface area contributed by atoms with E-state index in [0.29, 0.717) is 6.54 Å². The molecule has 2 aromatic carbocycles. The van der Waals surface area contributed by atoms with Crippen LogP contribution in [0.1, 0.15) is 42.0 Å². The molecule has 0 aliphatic carbocycles. The van der Waals surface area contributed by atoms with Gasteiger partial charge < -0.3 is 15.2 Å². The summed E-state index contributed by atoms with van der Waals surface area (Å²) >= 11 is 0. The Labute approximate surface area is 178 Å². The Bertz CT molecular complexity index is 959. The molecule has 0 saturated carbocycles. The number of benzene rings is 2. The quantitative estimate of drug-likeness (QED) is 0.481. The Morgan fingerprint density at radius 2 is 1.83 bits per heavy atom. The molecule has 0 amide bonds. The molecule has 0 atom stereocenters.